The van der Waals surface area contributed by atoms with Crippen molar-refractivity contribution in [2.24, 2.45) is 0 Å². The highest BCUT2D eigenvalue weighted by Gasteiger charge is 2.23. The van der Waals surface area contributed by atoms with Crippen molar-refractivity contribution in [3.05, 3.63) is 29.2 Å². The Kier molecular flexibility index (Phi) is 3.56. The first-order valence-corrected chi connectivity index (χ1v) is 7.09. The molecule has 0 saturated heterocycles. The Hall–Kier alpha value is -2.62. The number of sulfonamides is 1. The van der Waals surface area contributed by atoms with Gasteiger partial charge in [0.1, 0.15) is 11.3 Å². The smallest absolute Gasteiger partial charge is 0.339 e. The number of nitrogens with zero attached hydrogens (tertiary/aromatic N) is 2. The van der Waals surface area contributed by atoms with Crippen molar-refractivity contribution in [3.8, 4) is 5.75 Å². The topological polar surface area (TPSA) is 143 Å². The lowest BCUT2D eigenvalue weighted by Crippen LogP contribution is -2.15. The molecule has 0 amide bonds. The van der Waals surface area contributed by atoms with Crippen molar-refractivity contribution in [2.45, 2.75) is 18.7 Å². The molecule has 0 radical (unpaired) electrons. The first kappa shape index (κ1) is 14.8. The number of nitrogens with one attached hydrogen (secondary N) is 1. The average molecular weight is 313 g/mol. The van der Waals surface area contributed by atoms with E-state index in [-0.39, 0.29) is 22.4 Å². The third-order valence-corrected chi connectivity index (χ3v) is 4.02. The van der Waals surface area contributed by atoms with E-state index < -0.39 is 27.3 Å². The number of phenols is 1. The van der Waals surface area contributed by atoms with Crippen LogP contribution in [0, 0.1) is 13.8 Å². The molecule has 9 nitrogen and oxygen atoms in total. The highest BCUT2D eigenvalue weighted by Crippen LogP contribution is 2.26. The Morgan fingerprint density at radius 3 is 2.48 bits per heavy atom. The lowest BCUT2D eigenvalue weighted by Gasteiger charge is -2.09. The summed E-state index contributed by atoms with van der Waals surface area (Å²) in [4.78, 5) is 10.6. The minimum absolute atomic E-state index is 0.168. The third-order valence-electron chi connectivity index (χ3n) is 2.56. The van der Waals surface area contributed by atoms with Crippen LogP contribution in [0.1, 0.15) is 21.8 Å². The molecule has 112 valence electrons. The first-order chi connectivity index (χ1) is 9.70. The van der Waals surface area contributed by atoms with Gasteiger partial charge < -0.3 is 14.6 Å². The van der Waals surface area contributed by atoms with Gasteiger partial charge in [-0.25, -0.2) is 17.9 Å². The molecule has 0 spiro atoms. The summed E-state index contributed by atoms with van der Waals surface area (Å²) >= 11 is 0. The highest BCUT2D eigenvalue weighted by molar-refractivity contribution is 7.92. The summed E-state index contributed by atoms with van der Waals surface area (Å²) in [5.41, 5.74) is -0.357. The summed E-state index contributed by atoms with van der Waals surface area (Å²) in [5, 5.41) is 25.4. The zero-order chi connectivity index (χ0) is 15.8. The van der Waals surface area contributed by atoms with E-state index in [1.54, 1.807) is 0 Å². The molecule has 3 N–H and O–H groups in total. The van der Waals surface area contributed by atoms with Crippen molar-refractivity contribution in [2.75, 3.05) is 4.72 Å². The number of rotatable bonds is 4. The molecule has 0 atom stereocenters. The van der Waals surface area contributed by atoms with E-state index in [9.17, 15) is 18.3 Å². The molecule has 0 unspecified atom stereocenters. The summed E-state index contributed by atoms with van der Waals surface area (Å²) in [7, 11) is -4.12. The second kappa shape index (κ2) is 5.05. The van der Waals surface area contributed by atoms with Crippen molar-refractivity contribution >= 4 is 22.0 Å². The van der Waals surface area contributed by atoms with Crippen molar-refractivity contribution in [1.82, 2.24) is 10.2 Å². The maximum Gasteiger partial charge on any atom is 0.339 e. The van der Waals surface area contributed by atoms with Gasteiger partial charge in [-0.2, -0.15) is 0 Å². The van der Waals surface area contributed by atoms with Gasteiger partial charge in [-0.15, -0.1) is 5.10 Å². The Labute approximate surface area is 119 Å². The number of carbonyl (C=O) groups is 1. The molecule has 21 heavy (non-hydrogen) atoms. The van der Waals surface area contributed by atoms with Gasteiger partial charge in [0.15, 0.2) is 0 Å². The number of hydrogen-bond acceptors (Lipinski definition) is 7. The van der Waals surface area contributed by atoms with E-state index >= 15 is 0 Å². The molecular weight excluding hydrogens is 302 g/mol. The number of carboxylic acid groups (broad SMARTS) is 1. The van der Waals surface area contributed by atoms with Crippen LogP contribution >= 0.6 is 0 Å². The molecule has 0 saturated carbocycles. The quantitative estimate of drug-likeness (QED) is 0.755. The molecule has 10 heteroatoms. The van der Waals surface area contributed by atoms with E-state index in [0.717, 1.165) is 12.1 Å². The largest absolute Gasteiger partial charge is 0.507 e. The van der Waals surface area contributed by atoms with Crippen LogP contribution in [0.3, 0.4) is 0 Å². The molecule has 1 aromatic heterocycles. The molecule has 0 aliphatic carbocycles. The van der Waals surface area contributed by atoms with Gasteiger partial charge in [-0.3, -0.25) is 0 Å². The fraction of sp³-hybridized carbons (Fsp3) is 0.182. The van der Waals surface area contributed by atoms with Crippen LogP contribution in [0.15, 0.2) is 21.4 Å². The summed E-state index contributed by atoms with van der Waals surface area (Å²) in [6, 6.07) is 1.58. The fourth-order valence-electron chi connectivity index (χ4n) is 1.64. The molecule has 0 aliphatic heterocycles. The summed E-state index contributed by atoms with van der Waals surface area (Å²) in [6.07, 6.45) is 0. The number of benzene rings is 1. The van der Waals surface area contributed by atoms with Crippen LogP contribution in [0.2, 0.25) is 0 Å². The van der Waals surface area contributed by atoms with E-state index in [1.807, 2.05) is 4.72 Å². The van der Waals surface area contributed by atoms with Crippen LogP contribution in [0.25, 0.3) is 0 Å². The SMILES string of the molecule is Cc1nnc(NS(=O)(=O)c2cc(C(=O)O)c(O)cc2C)o1. The number of aromatic hydroxyl groups is 1. The molecule has 1 heterocycles. The van der Waals surface area contributed by atoms with Crippen molar-refractivity contribution in [1.29, 1.82) is 0 Å². The summed E-state index contributed by atoms with van der Waals surface area (Å²) < 4.78 is 31.4. The van der Waals surface area contributed by atoms with Crippen LogP contribution in [0.5, 0.6) is 5.75 Å². The molecule has 0 aliphatic rings. The van der Waals surface area contributed by atoms with E-state index in [1.165, 1.54) is 13.8 Å². The summed E-state index contributed by atoms with van der Waals surface area (Å²) in [6.45, 7) is 2.90. The van der Waals surface area contributed by atoms with Crippen molar-refractivity contribution in [3.63, 3.8) is 0 Å². The van der Waals surface area contributed by atoms with Crippen LogP contribution < -0.4 is 4.72 Å². The van der Waals surface area contributed by atoms with E-state index in [4.69, 9.17) is 9.52 Å². The third kappa shape index (κ3) is 2.94. The monoisotopic (exact) mass is 313 g/mol. The maximum atomic E-state index is 12.2. The zero-order valence-electron chi connectivity index (χ0n) is 11.0. The predicted molar refractivity (Wildman–Crippen MR) is 69.6 cm³/mol. The van der Waals surface area contributed by atoms with Gasteiger partial charge in [0, 0.05) is 6.92 Å². The predicted octanol–water partition coefficient (Wildman–Crippen LogP) is 0.891. The number of aromatic nitrogens is 2. The van der Waals surface area contributed by atoms with Gasteiger partial charge in [0.2, 0.25) is 5.89 Å². The van der Waals surface area contributed by atoms with E-state index in [2.05, 4.69) is 10.2 Å². The number of hydrogen-bond donors (Lipinski definition) is 3. The Balaban J connectivity index is 2.49. The van der Waals surface area contributed by atoms with Gasteiger partial charge in [-0.1, -0.05) is 5.10 Å². The average Bonchev–Trinajstić information content (AvgIpc) is 2.72. The normalized spacial score (nSPS) is 11.3. The van der Waals surface area contributed by atoms with Crippen molar-refractivity contribution < 1.29 is 27.8 Å². The second-order valence-electron chi connectivity index (χ2n) is 4.17. The van der Waals surface area contributed by atoms with E-state index in [0.29, 0.717) is 0 Å². The Morgan fingerprint density at radius 2 is 1.95 bits per heavy atom. The number of aryl methyl sites for hydroxylation is 2. The molecule has 0 bridgehead atoms. The fourth-order valence-corrected chi connectivity index (χ4v) is 2.82. The lowest BCUT2D eigenvalue weighted by atomic mass is 10.1. The molecule has 2 rings (SSSR count). The molecular formula is C11H11N3O6S. The standard InChI is InChI=1S/C11H11N3O6S/c1-5-3-8(15)7(10(16)17)4-9(5)21(18,19)14-11-13-12-6(2)20-11/h3-4,15H,1-2H3,(H,13,14)(H,16,17). The van der Waals surface area contributed by atoms with Gasteiger partial charge in [-0.05, 0) is 24.6 Å². The van der Waals surface area contributed by atoms with Gasteiger partial charge in [0.25, 0.3) is 10.0 Å². The Morgan fingerprint density at radius 1 is 1.29 bits per heavy atom. The second-order valence-corrected chi connectivity index (χ2v) is 5.82. The Bertz CT molecular complexity index is 811. The maximum absolute atomic E-state index is 12.2. The van der Waals surface area contributed by atoms with Gasteiger partial charge >= 0.3 is 12.0 Å². The minimum atomic E-state index is -4.12. The molecule has 0 fully saturated rings. The molecule has 1 aromatic carbocycles. The first-order valence-electron chi connectivity index (χ1n) is 5.60. The number of aromatic carboxylic acids is 1. The lowest BCUT2D eigenvalue weighted by molar-refractivity contribution is 0.0693. The minimum Gasteiger partial charge on any atom is -0.507 e. The molecule has 2 aromatic rings. The van der Waals surface area contributed by atoms with Gasteiger partial charge in [0.05, 0.1) is 4.90 Å². The number of carboxylic acids is 1. The number of anilines is 1. The zero-order valence-corrected chi connectivity index (χ0v) is 11.8. The van der Waals surface area contributed by atoms with Crippen LogP contribution in [0.4, 0.5) is 6.01 Å². The van der Waals surface area contributed by atoms with Crippen LogP contribution in [-0.4, -0.2) is 34.8 Å². The summed E-state index contributed by atoms with van der Waals surface area (Å²) in [5.74, 6) is -1.80. The van der Waals surface area contributed by atoms with Crippen LogP contribution in [-0.2, 0) is 10.0 Å². The highest BCUT2D eigenvalue weighted by atomic mass is 32.2.